The van der Waals surface area contributed by atoms with Gasteiger partial charge in [0, 0.05) is 0 Å². The Labute approximate surface area is 50.4 Å². The van der Waals surface area contributed by atoms with Crippen LogP contribution in [0.4, 0.5) is 13.2 Å². The van der Waals surface area contributed by atoms with E-state index < -0.39 is 12.1 Å². The summed E-state index contributed by atoms with van der Waals surface area (Å²) in [4.78, 5) is 0. The van der Waals surface area contributed by atoms with E-state index in [2.05, 4.69) is 17.9 Å². The van der Waals surface area contributed by atoms with E-state index in [1.165, 1.54) is 0 Å². The first-order chi connectivity index (χ1) is 3.95. The first kappa shape index (κ1) is 8.07. The van der Waals surface area contributed by atoms with Crippen LogP contribution in [-0.4, -0.2) is 6.36 Å². The molecule has 52 valence electrons. The van der Waals surface area contributed by atoms with Crippen molar-refractivity contribution < 1.29 is 17.9 Å². The molecular weight excluding hydrogens is 133 g/mol. The van der Waals surface area contributed by atoms with E-state index in [0.717, 1.165) is 6.08 Å². The lowest BCUT2D eigenvalue weighted by atomic mass is 10.6. The van der Waals surface area contributed by atoms with Crippen LogP contribution in [0.5, 0.6) is 0 Å². The summed E-state index contributed by atoms with van der Waals surface area (Å²) in [5.41, 5.74) is 0. The summed E-state index contributed by atoms with van der Waals surface area (Å²) in [6, 6.07) is 0. The molecule has 0 aromatic heterocycles. The molecule has 0 aliphatic rings. The van der Waals surface area contributed by atoms with Gasteiger partial charge in [0.05, 0.1) is 0 Å². The maximum Gasteiger partial charge on any atom is 0.573 e. The molecule has 0 fully saturated rings. The third-order valence-electron chi connectivity index (χ3n) is 0.474. The van der Waals surface area contributed by atoms with E-state index in [4.69, 9.17) is 0 Å². The minimum absolute atomic E-state index is 0.498. The van der Waals surface area contributed by atoms with E-state index in [-0.39, 0.29) is 0 Å². The maximum absolute atomic E-state index is 11.2. The van der Waals surface area contributed by atoms with Crippen LogP contribution in [0.3, 0.4) is 0 Å². The molecular formula is C5H5F3O. The Morgan fingerprint density at radius 1 is 1.44 bits per heavy atom. The van der Waals surface area contributed by atoms with Gasteiger partial charge in [-0.1, -0.05) is 13.2 Å². The zero-order valence-corrected chi connectivity index (χ0v) is 4.53. The van der Waals surface area contributed by atoms with Crippen LogP contribution in [0.25, 0.3) is 0 Å². The van der Waals surface area contributed by atoms with Crippen LogP contribution in [0.1, 0.15) is 0 Å². The summed E-state index contributed by atoms with van der Waals surface area (Å²) >= 11 is 0. The molecule has 1 nitrogen and oxygen atoms in total. The van der Waals surface area contributed by atoms with E-state index in [9.17, 15) is 13.2 Å². The van der Waals surface area contributed by atoms with E-state index in [1.54, 1.807) is 0 Å². The molecule has 9 heavy (non-hydrogen) atoms. The fourth-order valence-electron chi connectivity index (χ4n) is 0.190. The van der Waals surface area contributed by atoms with Gasteiger partial charge >= 0.3 is 6.36 Å². The monoisotopic (exact) mass is 138 g/mol. The average molecular weight is 138 g/mol. The van der Waals surface area contributed by atoms with Gasteiger partial charge in [0.25, 0.3) is 0 Å². The molecule has 0 aromatic carbocycles. The summed E-state index contributed by atoms with van der Waals surface area (Å²) in [5, 5.41) is 0. The van der Waals surface area contributed by atoms with Crippen LogP contribution in [0, 0.1) is 0 Å². The summed E-state index contributed by atoms with van der Waals surface area (Å²) in [5.74, 6) is -0.498. The largest absolute Gasteiger partial charge is 0.573 e. The molecule has 0 unspecified atom stereocenters. The Kier molecular flexibility index (Phi) is 2.30. The highest BCUT2D eigenvalue weighted by Crippen LogP contribution is 2.19. The Hall–Kier alpha value is -0.930. The van der Waals surface area contributed by atoms with Crippen molar-refractivity contribution >= 4 is 0 Å². The predicted octanol–water partition coefficient (Wildman–Crippen LogP) is 2.22. The summed E-state index contributed by atoms with van der Waals surface area (Å²) in [6.07, 6.45) is -3.77. The molecule has 0 atom stereocenters. The molecule has 0 radical (unpaired) electrons. The first-order valence-corrected chi connectivity index (χ1v) is 2.03. The first-order valence-electron chi connectivity index (χ1n) is 2.03. The number of halogens is 3. The lowest BCUT2D eigenvalue weighted by Crippen LogP contribution is -2.11. The number of ether oxygens (including phenoxy) is 1. The second-order valence-electron chi connectivity index (χ2n) is 1.22. The molecule has 0 aliphatic heterocycles. The second-order valence-corrected chi connectivity index (χ2v) is 1.22. The number of rotatable bonds is 2. The molecule has 0 bridgehead atoms. The van der Waals surface area contributed by atoms with Gasteiger partial charge in [-0.05, 0) is 6.08 Å². The number of allylic oxidation sites excluding steroid dienone is 1. The highest BCUT2D eigenvalue weighted by atomic mass is 19.4. The lowest BCUT2D eigenvalue weighted by molar-refractivity contribution is -0.303. The van der Waals surface area contributed by atoms with Crippen LogP contribution in [-0.2, 0) is 4.74 Å². The van der Waals surface area contributed by atoms with Gasteiger partial charge in [0.1, 0.15) is 5.76 Å². The molecule has 0 heterocycles. The Morgan fingerprint density at radius 3 is 2.00 bits per heavy atom. The minimum Gasteiger partial charge on any atom is -0.406 e. The quantitative estimate of drug-likeness (QED) is 0.420. The van der Waals surface area contributed by atoms with Crippen molar-refractivity contribution in [1.82, 2.24) is 0 Å². The van der Waals surface area contributed by atoms with Crippen molar-refractivity contribution in [3.05, 3.63) is 25.0 Å². The molecule has 0 N–H and O–H groups in total. The molecule has 0 rings (SSSR count). The highest BCUT2D eigenvalue weighted by Gasteiger charge is 2.30. The van der Waals surface area contributed by atoms with Gasteiger partial charge in [0.15, 0.2) is 0 Å². The van der Waals surface area contributed by atoms with Crippen molar-refractivity contribution in [3.8, 4) is 0 Å². The van der Waals surface area contributed by atoms with Crippen molar-refractivity contribution in [2.24, 2.45) is 0 Å². The summed E-state index contributed by atoms with van der Waals surface area (Å²) < 4.78 is 36.8. The third-order valence-corrected chi connectivity index (χ3v) is 0.474. The Balaban J connectivity index is 3.74. The smallest absolute Gasteiger partial charge is 0.406 e. The summed E-state index contributed by atoms with van der Waals surface area (Å²) in [7, 11) is 0. The van der Waals surface area contributed by atoms with Gasteiger partial charge in [-0.3, -0.25) is 0 Å². The predicted molar refractivity (Wildman–Crippen MR) is 26.5 cm³/mol. The molecule has 0 saturated heterocycles. The van der Waals surface area contributed by atoms with E-state index in [0.29, 0.717) is 0 Å². The zero-order valence-electron chi connectivity index (χ0n) is 4.53. The maximum atomic E-state index is 11.2. The van der Waals surface area contributed by atoms with Gasteiger partial charge in [0.2, 0.25) is 0 Å². The van der Waals surface area contributed by atoms with Crippen LogP contribution >= 0.6 is 0 Å². The van der Waals surface area contributed by atoms with Crippen molar-refractivity contribution in [3.63, 3.8) is 0 Å². The highest BCUT2D eigenvalue weighted by molar-refractivity contribution is 5.01. The number of hydrogen-bond donors (Lipinski definition) is 0. The topological polar surface area (TPSA) is 9.23 Å². The summed E-state index contributed by atoms with van der Waals surface area (Å²) in [6.45, 7) is 5.92. The van der Waals surface area contributed by atoms with Crippen molar-refractivity contribution in [2.45, 2.75) is 6.36 Å². The standard InChI is InChI=1S/C5H5F3O/c1-3-4(2)9-5(6,7)8/h3H,1-2H2. The SMILES string of the molecule is C=CC(=C)OC(F)(F)F. The Bertz CT molecular complexity index is 125. The van der Waals surface area contributed by atoms with Gasteiger partial charge in [-0.15, -0.1) is 13.2 Å². The van der Waals surface area contributed by atoms with E-state index >= 15 is 0 Å². The number of hydrogen-bond acceptors (Lipinski definition) is 1. The molecule has 0 aromatic rings. The fourth-order valence-corrected chi connectivity index (χ4v) is 0.190. The minimum atomic E-state index is -4.65. The second kappa shape index (κ2) is 2.57. The molecule has 0 spiro atoms. The lowest BCUT2D eigenvalue weighted by Gasteiger charge is -2.06. The van der Waals surface area contributed by atoms with Gasteiger partial charge < -0.3 is 4.74 Å². The van der Waals surface area contributed by atoms with Gasteiger partial charge in [-0.2, -0.15) is 0 Å². The molecule has 0 amide bonds. The molecule has 4 heteroatoms. The fraction of sp³-hybridized carbons (Fsp3) is 0.200. The van der Waals surface area contributed by atoms with E-state index in [1.807, 2.05) is 0 Å². The van der Waals surface area contributed by atoms with Crippen LogP contribution < -0.4 is 0 Å². The molecule has 0 aliphatic carbocycles. The normalized spacial score (nSPS) is 10.6. The number of alkyl halides is 3. The van der Waals surface area contributed by atoms with Crippen molar-refractivity contribution in [1.29, 1.82) is 0 Å². The van der Waals surface area contributed by atoms with Crippen molar-refractivity contribution in [2.75, 3.05) is 0 Å². The van der Waals surface area contributed by atoms with Crippen LogP contribution in [0.2, 0.25) is 0 Å². The third kappa shape index (κ3) is 4.93. The zero-order chi connectivity index (χ0) is 7.49. The Morgan fingerprint density at radius 2 is 1.89 bits per heavy atom. The molecule has 0 saturated carbocycles. The average Bonchev–Trinajstić information content (AvgIpc) is 1.62. The van der Waals surface area contributed by atoms with Crippen LogP contribution in [0.15, 0.2) is 25.0 Å². The van der Waals surface area contributed by atoms with Gasteiger partial charge in [-0.25, -0.2) is 0 Å².